The Labute approximate surface area is 120 Å². The van der Waals surface area contributed by atoms with Crippen molar-refractivity contribution in [2.24, 2.45) is 5.10 Å². The number of rotatable bonds is 3. The van der Waals surface area contributed by atoms with Crippen molar-refractivity contribution in [3.05, 3.63) is 41.2 Å². The molecular formula is C13H9ClN6. The normalized spacial score (nSPS) is 9.40. The molecule has 1 aromatic carbocycles. The number of nitrogens with one attached hydrogen (secondary N) is 1. The third-order valence-electron chi connectivity index (χ3n) is 2.43. The first-order chi connectivity index (χ1) is 9.63. The minimum atomic E-state index is -0.257. The quantitative estimate of drug-likeness (QED) is 0.693. The highest BCUT2D eigenvalue weighted by atomic mass is 35.5. The summed E-state index contributed by atoms with van der Waals surface area (Å²) in [4.78, 5) is 0. The molecule has 0 unspecified atom stereocenters. The highest BCUT2D eigenvalue weighted by molar-refractivity contribution is 6.32. The van der Waals surface area contributed by atoms with Crippen LogP contribution >= 0.6 is 11.6 Å². The number of anilines is 1. The summed E-state index contributed by atoms with van der Waals surface area (Å²) >= 11 is 6.18. The lowest BCUT2D eigenvalue weighted by Gasteiger charge is -2.06. The Balaban J connectivity index is 2.25. The summed E-state index contributed by atoms with van der Waals surface area (Å²) in [6, 6.07) is 10.3. The smallest absolute Gasteiger partial charge is 0.237 e. The highest BCUT2D eigenvalue weighted by Gasteiger charge is 2.05. The number of nitrogens with zero attached hydrogens (tertiary/aromatic N) is 5. The van der Waals surface area contributed by atoms with Gasteiger partial charge in [0.05, 0.1) is 22.1 Å². The number of hydrogen-bond donors (Lipinski definition) is 1. The van der Waals surface area contributed by atoms with E-state index < -0.39 is 0 Å². The Morgan fingerprint density at radius 1 is 1.35 bits per heavy atom. The van der Waals surface area contributed by atoms with Crippen LogP contribution in [0.5, 0.6) is 0 Å². The minimum Gasteiger partial charge on any atom is -0.276 e. The van der Waals surface area contributed by atoms with Crippen LogP contribution in [0.2, 0.25) is 5.02 Å². The summed E-state index contributed by atoms with van der Waals surface area (Å²) in [7, 11) is 0. The van der Waals surface area contributed by atoms with Crippen LogP contribution in [0.4, 0.5) is 5.69 Å². The van der Waals surface area contributed by atoms with Gasteiger partial charge in [-0.3, -0.25) is 5.43 Å². The zero-order valence-corrected chi connectivity index (χ0v) is 11.3. The molecule has 20 heavy (non-hydrogen) atoms. The SMILES string of the molecule is Cc1ccn(-c2ccc(NN=C(C#N)C#N)cc2Cl)n1. The maximum absolute atomic E-state index is 8.57. The van der Waals surface area contributed by atoms with E-state index in [1.807, 2.05) is 19.2 Å². The van der Waals surface area contributed by atoms with Crippen LogP contribution < -0.4 is 5.43 Å². The standard InChI is InChI=1S/C13H9ClN6/c1-9-4-5-20(19-9)13-3-2-10(6-12(13)14)17-18-11(7-15)8-16/h2-6,17H,1H3. The molecular weight excluding hydrogens is 276 g/mol. The van der Waals surface area contributed by atoms with Gasteiger partial charge in [0, 0.05) is 6.20 Å². The van der Waals surface area contributed by atoms with Gasteiger partial charge in [-0.25, -0.2) is 4.68 Å². The van der Waals surface area contributed by atoms with Crippen molar-refractivity contribution >= 4 is 23.0 Å². The van der Waals surface area contributed by atoms with E-state index in [0.29, 0.717) is 10.7 Å². The Bertz CT molecular complexity index is 731. The monoisotopic (exact) mass is 284 g/mol. The van der Waals surface area contributed by atoms with Crippen LogP contribution in [0.1, 0.15) is 5.69 Å². The van der Waals surface area contributed by atoms with E-state index in [1.165, 1.54) is 0 Å². The number of hydrazone groups is 1. The third-order valence-corrected chi connectivity index (χ3v) is 2.73. The Hall–Kier alpha value is -2.83. The molecule has 0 spiro atoms. The Morgan fingerprint density at radius 2 is 2.10 bits per heavy atom. The van der Waals surface area contributed by atoms with E-state index >= 15 is 0 Å². The molecule has 1 aromatic heterocycles. The molecule has 0 aliphatic heterocycles. The largest absolute Gasteiger partial charge is 0.276 e. The van der Waals surface area contributed by atoms with Gasteiger partial charge in [-0.2, -0.15) is 20.7 Å². The predicted molar refractivity (Wildman–Crippen MR) is 75.6 cm³/mol. The van der Waals surface area contributed by atoms with Gasteiger partial charge in [0.1, 0.15) is 12.1 Å². The highest BCUT2D eigenvalue weighted by Crippen LogP contribution is 2.24. The second kappa shape index (κ2) is 5.87. The molecule has 0 radical (unpaired) electrons. The summed E-state index contributed by atoms with van der Waals surface area (Å²) < 4.78 is 1.67. The van der Waals surface area contributed by atoms with E-state index in [9.17, 15) is 0 Å². The van der Waals surface area contributed by atoms with Crippen molar-refractivity contribution in [2.75, 3.05) is 5.43 Å². The molecule has 0 aliphatic rings. The van der Waals surface area contributed by atoms with Gasteiger partial charge >= 0.3 is 0 Å². The van der Waals surface area contributed by atoms with Crippen LogP contribution in [0, 0.1) is 29.6 Å². The molecule has 1 heterocycles. The van der Waals surface area contributed by atoms with E-state index in [-0.39, 0.29) is 5.71 Å². The van der Waals surface area contributed by atoms with Crippen molar-refractivity contribution in [2.45, 2.75) is 6.92 Å². The summed E-state index contributed by atoms with van der Waals surface area (Å²) in [6.45, 7) is 1.89. The maximum Gasteiger partial charge on any atom is 0.237 e. The first-order valence-electron chi connectivity index (χ1n) is 5.60. The van der Waals surface area contributed by atoms with E-state index in [2.05, 4.69) is 15.6 Å². The fraction of sp³-hybridized carbons (Fsp3) is 0.0769. The van der Waals surface area contributed by atoms with Crippen LogP contribution in [-0.2, 0) is 0 Å². The van der Waals surface area contributed by atoms with E-state index in [1.54, 1.807) is 35.0 Å². The lowest BCUT2D eigenvalue weighted by Crippen LogP contribution is -1.99. The molecule has 2 aromatic rings. The number of aromatic nitrogens is 2. The van der Waals surface area contributed by atoms with Crippen molar-refractivity contribution in [1.29, 1.82) is 10.5 Å². The Morgan fingerprint density at radius 3 is 2.65 bits per heavy atom. The lowest BCUT2D eigenvalue weighted by molar-refractivity contribution is 0.863. The van der Waals surface area contributed by atoms with Crippen LogP contribution in [0.3, 0.4) is 0 Å². The third kappa shape index (κ3) is 2.94. The molecule has 0 fully saturated rings. The topological polar surface area (TPSA) is 89.8 Å². The van der Waals surface area contributed by atoms with Gasteiger partial charge in [0.25, 0.3) is 0 Å². The lowest BCUT2D eigenvalue weighted by atomic mass is 10.3. The molecule has 7 heteroatoms. The number of aryl methyl sites for hydroxylation is 1. The molecule has 0 saturated carbocycles. The van der Waals surface area contributed by atoms with Gasteiger partial charge in [-0.15, -0.1) is 0 Å². The van der Waals surface area contributed by atoms with Crippen LogP contribution in [0.15, 0.2) is 35.6 Å². The maximum atomic E-state index is 8.57. The van der Waals surface area contributed by atoms with Gasteiger partial charge in [-0.1, -0.05) is 11.6 Å². The second-order valence-corrected chi connectivity index (χ2v) is 4.27. The van der Waals surface area contributed by atoms with Gasteiger partial charge in [-0.05, 0) is 31.2 Å². The van der Waals surface area contributed by atoms with Crippen LogP contribution in [-0.4, -0.2) is 15.5 Å². The number of benzene rings is 1. The first kappa shape index (κ1) is 13.6. The average molecular weight is 285 g/mol. The van der Waals surface area contributed by atoms with Gasteiger partial charge in [0.2, 0.25) is 5.71 Å². The number of nitriles is 2. The van der Waals surface area contributed by atoms with E-state index in [0.717, 1.165) is 11.4 Å². The first-order valence-corrected chi connectivity index (χ1v) is 5.98. The molecule has 0 bridgehead atoms. The number of hydrogen-bond acceptors (Lipinski definition) is 5. The molecule has 1 N–H and O–H groups in total. The minimum absolute atomic E-state index is 0.257. The van der Waals surface area contributed by atoms with Gasteiger partial charge in [0.15, 0.2) is 0 Å². The van der Waals surface area contributed by atoms with Crippen molar-refractivity contribution in [3.63, 3.8) is 0 Å². The predicted octanol–water partition coefficient (Wildman–Crippen LogP) is 2.65. The summed E-state index contributed by atoms with van der Waals surface area (Å²) in [5.74, 6) is 0. The number of halogens is 1. The molecule has 6 nitrogen and oxygen atoms in total. The average Bonchev–Trinajstić information content (AvgIpc) is 2.86. The molecule has 0 amide bonds. The molecule has 0 saturated heterocycles. The fourth-order valence-electron chi connectivity index (χ4n) is 1.51. The van der Waals surface area contributed by atoms with Crippen LogP contribution in [0.25, 0.3) is 5.69 Å². The zero-order chi connectivity index (χ0) is 14.5. The molecule has 2 rings (SSSR count). The fourth-order valence-corrected chi connectivity index (χ4v) is 1.77. The molecule has 98 valence electrons. The zero-order valence-electron chi connectivity index (χ0n) is 10.5. The van der Waals surface area contributed by atoms with Gasteiger partial charge < -0.3 is 0 Å². The van der Waals surface area contributed by atoms with Crippen molar-refractivity contribution in [3.8, 4) is 17.8 Å². The summed E-state index contributed by atoms with van der Waals surface area (Å²) in [5.41, 5.74) is 4.54. The van der Waals surface area contributed by atoms with E-state index in [4.69, 9.17) is 22.1 Å². The second-order valence-electron chi connectivity index (χ2n) is 3.86. The summed E-state index contributed by atoms with van der Waals surface area (Å²) in [5, 5.41) is 25.5. The summed E-state index contributed by atoms with van der Waals surface area (Å²) in [6.07, 6.45) is 1.81. The molecule has 0 aliphatic carbocycles. The Kier molecular flexibility index (Phi) is 3.99. The molecule has 0 atom stereocenters. The van der Waals surface area contributed by atoms with Crippen molar-refractivity contribution in [1.82, 2.24) is 9.78 Å². The van der Waals surface area contributed by atoms with Crippen molar-refractivity contribution < 1.29 is 0 Å².